The van der Waals surface area contributed by atoms with Gasteiger partial charge in [0.15, 0.2) is 23.9 Å². The molecule has 2 bridgehead atoms. The summed E-state index contributed by atoms with van der Waals surface area (Å²) >= 11 is 14.2. The minimum absolute atomic E-state index is 0. The molecule has 3 saturated heterocycles. The molecular formula is C37H38Cl2F2N4O7S. The van der Waals surface area contributed by atoms with Gasteiger partial charge in [0.05, 0.1) is 25.0 Å². The monoisotopic (exact) mass is 790 g/mol. The Morgan fingerprint density at radius 2 is 1.81 bits per heavy atom. The molecule has 1 aromatic carbocycles. The lowest BCUT2D eigenvalue weighted by Crippen LogP contribution is -2.53. The van der Waals surface area contributed by atoms with Crippen LogP contribution >= 0.6 is 34.5 Å². The Kier molecular flexibility index (Phi) is 12.7. The van der Waals surface area contributed by atoms with Gasteiger partial charge in [-0.15, -0.1) is 11.3 Å². The largest absolute Gasteiger partial charge is 0.870 e. The zero-order valence-corrected chi connectivity index (χ0v) is 30.8. The molecule has 16 heteroatoms. The van der Waals surface area contributed by atoms with Gasteiger partial charge in [-0.05, 0) is 92.6 Å². The van der Waals surface area contributed by atoms with Gasteiger partial charge in [-0.2, -0.15) is 8.78 Å². The zero-order valence-electron chi connectivity index (χ0n) is 28.5. The second-order valence-corrected chi connectivity index (χ2v) is 15.2. The van der Waals surface area contributed by atoms with Crippen LogP contribution < -0.4 is 19.4 Å². The standard InChI is InChI=1S/C37H36Cl2F2N4O6S.H2O/c38-28-17-43-18-29(39)27(28)15-31(24-5-7-30(50-36(40)41)32(14-24)48-21-22-3-4-22)49-35(46)34-8-6-26(52-34)19-45(25-2-1-11-42-16-25)37(47)51-33-20-44-12-9-23(33)10-13-44;/h1-2,5-8,11,14,16-18,22-23,31,33,36H,3-4,9-10,12-13,15,19-21H2;1H2/t31-,33-;/m0./s1. The van der Waals surface area contributed by atoms with Gasteiger partial charge in [-0.3, -0.25) is 14.8 Å². The number of benzene rings is 1. The highest BCUT2D eigenvalue weighted by Crippen LogP contribution is 2.38. The molecule has 1 amide bonds. The van der Waals surface area contributed by atoms with Gasteiger partial charge in [-0.25, -0.2) is 14.6 Å². The SMILES string of the molecule is O=C(O[C@@H](Cc1c(Cl)c[nH+]cc1Cl)c1ccc(OC(F)F)c(OCC2CC2)c1)c1ccc(CN(C(=O)O[C@H]2CN3CCC2CC3)c2cccnc2)s1.[OH-]. The van der Waals surface area contributed by atoms with Gasteiger partial charge in [-0.1, -0.05) is 29.3 Å². The number of esters is 1. The highest BCUT2D eigenvalue weighted by atomic mass is 35.5. The number of hydrogen-bond donors (Lipinski definition) is 0. The minimum atomic E-state index is -3.05. The van der Waals surface area contributed by atoms with E-state index in [0.29, 0.717) is 55.1 Å². The van der Waals surface area contributed by atoms with Crippen LogP contribution in [0.4, 0.5) is 19.3 Å². The van der Waals surface area contributed by atoms with E-state index < -0.39 is 24.8 Å². The van der Waals surface area contributed by atoms with E-state index in [1.807, 2.05) is 0 Å². The molecule has 53 heavy (non-hydrogen) atoms. The highest BCUT2D eigenvalue weighted by molar-refractivity contribution is 7.14. The number of thiophene rings is 1. The highest BCUT2D eigenvalue weighted by Gasteiger charge is 2.38. The van der Waals surface area contributed by atoms with Crippen molar-refractivity contribution in [2.45, 2.75) is 57.5 Å². The molecule has 11 nitrogen and oxygen atoms in total. The van der Waals surface area contributed by atoms with Gasteiger partial charge in [0.2, 0.25) is 0 Å². The maximum absolute atomic E-state index is 13.8. The molecule has 1 aliphatic carbocycles. The predicted octanol–water partition coefficient (Wildman–Crippen LogP) is 7.86. The van der Waals surface area contributed by atoms with Crippen molar-refractivity contribution in [2.75, 3.05) is 31.1 Å². The summed E-state index contributed by atoms with van der Waals surface area (Å²) in [6, 6.07) is 11.4. The predicted molar refractivity (Wildman–Crippen MR) is 192 cm³/mol. The van der Waals surface area contributed by atoms with Crippen molar-refractivity contribution in [3.63, 3.8) is 0 Å². The summed E-state index contributed by atoms with van der Waals surface area (Å²) in [5, 5.41) is 0.658. The molecule has 6 heterocycles. The topological polar surface area (TPSA) is 135 Å². The number of fused-ring (bicyclic) bond motifs is 3. The van der Waals surface area contributed by atoms with Crippen LogP contribution in [0.25, 0.3) is 0 Å². The number of amides is 1. The lowest BCUT2D eigenvalue weighted by molar-refractivity contribution is -0.377. The van der Waals surface area contributed by atoms with Gasteiger partial charge < -0.3 is 24.4 Å². The number of aromatic nitrogens is 2. The molecule has 4 aliphatic rings. The molecule has 2 atom stereocenters. The van der Waals surface area contributed by atoms with Crippen LogP contribution in [0.15, 0.2) is 67.3 Å². The number of alkyl halides is 2. The van der Waals surface area contributed by atoms with Crippen LogP contribution in [0.5, 0.6) is 11.5 Å². The van der Waals surface area contributed by atoms with Crippen LogP contribution in [0, 0.1) is 11.8 Å². The van der Waals surface area contributed by atoms with Crippen molar-refractivity contribution in [1.82, 2.24) is 9.88 Å². The summed E-state index contributed by atoms with van der Waals surface area (Å²) in [5.74, 6) is 0.0473. The number of carbonyl (C=O) groups is 2. The van der Waals surface area contributed by atoms with E-state index in [1.165, 1.54) is 22.3 Å². The minimum Gasteiger partial charge on any atom is -0.870 e. The third-order valence-corrected chi connectivity index (χ3v) is 11.3. The van der Waals surface area contributed by atoms with Crippen molar-refractivity contribution >= 4 is 52.3 Å². The molecule has 4 aromatic rings. The number of pyridine rings is 2. The first-order valence-electron chi connectivity index (χ1n) is 17.2. The molecule has 3 aliphatic heterocycles. The lowest BCUT2D eigenvalue weighted by atomic mass is 9.86. The first kappa shape index (κ1) is 38.6. The summed E-state index contributed by atoms with van der Waals surface area (Å²) in [4.78, 5) is 39.4. The van der Waals surface area contributed by atoms with Crippen molar-refractivity contribution in [3.05, 3.63) is 98.2 Å². The molecule has 3 aromatic heterocycles. The van der Waals surface area contributed by atoms with Crippen molar-refractivity contribution in [1.29, 1.82) is 0 Å². The van der Waals surface area contributed by atoms with Gasteiger partial charge >= 0.3 is 18.7 Å². The fourth-order valence-corrected chi connectivity index (χ4v) is 7.95. The number of nitrogens with one attached hydrogen (secondary N) is 1. The molecule has 0 spiro atoms. The molecule has 1 saturated carbocycles. The Morgan fingerprint density at radius 1 is 1.04 bits per heavy atom. The molecule has 8 rings (SSSR count). The van der Waals surface area contributed by atoms with Crippen LogP contribution in [0.2, 0.25) is 10.0 Å². The number of carbonyl (C=O) groups excluding carboxylic acids is 2. The van der Waals surface area contributed by atoms with E-state index in [4.69, 9.17) is 42.1 Å². The first-order chi connectivity index (χ1) is 25.2. The Morgan fingerprint density at radius 3 is 2.47 bits per heavy atom. The summed E-state index contributed by atoms with van der Waals surface area (Å²) in [6.07, 6.45) is 8.84. The van der Waals surface area contributed by atoms with E-state index in [2.05, 4.69) is 14.9 Å². The first-order valence-corrected chi connectivity index (χ1v) is 18.7. The van der Waals surface area contributed by atoms with Gasteiger partial charge in [0, 0.05) is 29.6 Å². The van der Waals surface area contributed by atoms with Crippen LogP contribution in [-0.4, -0.2) is 66.4 Å². The Labute approximate surface area is 319 Å². The smallest absolute Gasteiger partial charge is 0.415 e. The van der Waals surface area contributed by atoms with Crippen molar-refractivity contribution in [3.8, 4) is 11.5 Å². The van der Waals surface area contributed by atoms with Crippen molar-refractivity contribution in [2.24, 2.45) is 11.8 Å². The number of halogens is 4. The Balaban J connectivity index is 0.00000481. The quantitative estimate of drug-likeness (QED) is 0.117. The fraction of sp³-hybridized carbons (Fsp3) is 0.405. The second-order valence-electron chi connectivity index (χ2n) is 13.2. The molecule has 4 fully saturated rings. The molecule has 2 N–H and O–H groups in total. The second kappa shape index (κ2) is 17.4. The maximum Gasteiger partial charge on any atom is 0.415 e. The van der Waals surface area contributed by atoms with Crippen LogP contribution in [-0.2, 0) is 22.4 Å². The molecule has 0 radical (unpaired) electrons. The summed E-state index contributed by atoms with van der Waals surface area (Å²) in [7, 11) is 0. The number of nitrogens with zero attached hydrogens (tertiary/aromatic N) is 3. The van der Waals surface area contributed by atoms with Gasteiger partial charge in [0.1, 0.15) is 27.1 Å². The van der Waals surface area contributed by atoms with Crippen LogP contribution in [0.3, 0.4) is 0 Å². The van der Waals surface area contributed by atoms with Crippen molar-refractivity contribution < 1.29 is 47.8 Å². The number of H-pyrrole nitrogens is 1. The summed E-state index contributed by atoms with van der Waals surface area (Å²) < 4.78 is 49.3. The van der Waals surface area contributed by atoms with E-state index in [1.54, 1.807) is 61.2 Å². The maximum atomic E-state index is 13.8. The van der Waals surface area contributed by atoms with Crippen LogP contribution in [0.1, 0.15) is 57.5 Å². The van der Waals surface area contributed by atoms with E-state index >= 15 is 0 Å². The number of hydrogen-bond acceptors (Lipinski definition) is 10. The Bertz CT molecular complexity index is 1860. The molecule has 282 valence electrons. The average Bonchev–Trinajstić information content (AvgIpc) is 3.86. The summed E-state index contributed by atoms with van der Waals surface area (Å²) in [6.45, 7) is 0.217. The average molecular weight is 792 g/mol. The van der Waals surface area contributed by atoms with E-state index in [0.717, 1.165) is 45.3 Å². The third kappa shape index (κ3) is 9.73. The van der Waals surface area contributed by atoms with E-state index in [-0.39, 0.29) is 36.0 Å². The molecular weight excluding hydrogens is 753 g/mol. The van der Waals surface area contributed by atoms with Gasteiger partial charge in [0.25, 0.3) is 0 Å². The number of ether oxygens (including phenoxy) is 4. The normalized spacial score (nSPS) is 19.6. The zero-order chi connectivity index (χ0) is 36.2. The summed E-state index contributed by atoms with van der Waals surface area (Å²) in [5.41, 5.74) is 1.56. The number of rotatable bonds is 14. The lowest BCUT2D eigenvalue weighted by Gasteiger charge is -2.44. The fourth-order valence-electron chi connectivity index (χ4n) is 6.54. The number of piperidine rings is 3. The molecule has 0 unspecified atom stereocenters. The van der Waals surface area contributed by atoms with E-state index in [9.17, 15) is 18.4 Å². The third-order valence-electron chi connectivity index (χ3n) is 9.57. The number of aromatic amines is 1. The number of anilines is 1. The Hall–Kier alpha value is -4.08.